The quantitative estimate of drug-likeness (QED) is 0.451. The molecule has 2 heterocycles. The summed E-state index contributed by atoms with van der Waals surface area (Å²) >= 11 is 0. The lowest BCUT2D eigenvalue weighted by Gasteiger charge is -2.29. The maximum absolute atomic E-state index is 13.7. The third-order valence-corrected chi connectivity index (χ3v) is 5.73. The van der Waals surface area contributed by atoms with E-state index in [1.165, 1.54) is 19.2 Å². The van der Waals surface area contributed by atoms with E-state index in [0.717, 1.165) is 36.2 Å². The minimum Gasteiger partial charge on any atom is -0.378 e. The summed E-state index contributed by atoms with van der Waals surface area (Å²) in [6, 6.07) is 13.5. The van der Waals surface area contributed by atoms with Crippen LogP contribution in [0.4, 0.5) is 41.7 Å². The fourth-order valence-electron chi connectivity index (χ4n) is 3.87. The fourth-order valence-corrected chi connectivity index (χ4v) is 3.87. The third-order valence-electron chi connectivity index (χ3n) is 5.73. The first-order valence-electron chi connectivity index (χ1n) is 11.1. The Balaban J connectivity index is 1.63. The molecule has 1 fully saturated rings. The lowest BCUT2D eigenvalue weighted by atomic mass is 10.1. The summed E-state index contributed by atoms with van der Waals surface area (Å²) in [5, 5.41) is 8.39. The number of nitrogens with one attached hydrogen (secondary N) is 3. The van der Waals surface area contributed by atoms with E-state index < -0.39 is 17.6 Å². The first-order chi connectivity index (χ1) is 16.8. The minimum atomic E-state index is -4.63. The molecule has 1 aliphatic heterocycles. The van der Waals surface area contributed by atoms with Crippen LogP contribution in [0, 0.1) is 6.92 Å². The van der Waals surface area contributed by atoms with Gasteiger partial charge in [0.2, 0.25) is 0 Å². The molecule has 2 aromatic carbocycles. The van der Waals surface area contributed by atoms with Crippen LogP contribution in [-0.2, 0) is 10.9 Å². The van der Waals surface area contributed by atoms with Crippen LogP contribution in [0.5, 0.6) is 0 Å². The van der Waals surface area contributed by atoms with Crippen LogP contribution >= 0.6 is 0 Å². The van der Waals surface area contributed by atoms with Crippen molar-refractivity contribution in [3.8, 4) is 0 Å². The second kappa shape index (κ2) is 10.2. The van der Waals surface area contributed by atoms with Gasteiger partial charge >= 0.3 is 6.18 Å². The van der Waals surface area contributed by atoms with Crippen LogP contribution < -0.4 is 20.9 Å². The van der Waals surface area contributed by atoms with Crippen molar-refractivity contribution in [2.24, 2.45) is 0 Å². The number of para-hydroxylation sites is 1. The number of ether oxygens (including phenoxy) is 1. The molecule has 7 nitrogen and oxygen atoms in total. The van der Waals surface area contributed by atoms with Crippen molar-refractivity contribution in [3.05, 3.63) is 71.4 Å². The average molecular weight is 486 g/mol. The van der Waals surface area contributed by atoms with Gasteiger partial charge in [0.25, 0.3) is 5.91 Å². The summed E-state index contributed by atoms with van der Waals surface area (Å²) in [5.41, 5.74) is 2.04. The highest BCUT2D eigenvalue weighted by Crippen LogP contribution is 2.38. The normalized spacial score (nSPS) is 13.9. The monoisotopic (exact) mass is 485 g/mol. The summed E-state index contributed by atoms with van der Waals surface area (Å²) in [4.78, 5) is 18.4. The summed E-state index contributed by atoms with van der Waals surface area (Å²) in [6.45, 7) is 4.88. The Morgan fingerprint density at radius 2 is 1.74 bits per heavy atom. The van der Waals surface area contributed by atoms with Crippen LogP contribution in [0.3, 0.4) is 0 Å². The highest BCUT2D eigenvalue weighted by Gasteiger charge is 2.34. The zero-order valence-corrected chi connectivity index (χ0v) is 19.4. The molecule has 0 atom stereocenters. The number of anilines is 5. The molecule has 0 unspecified atom stereocenters. The van der Waals surface area contributed by atoms with Gasteiger partial charge in [-0.2, -0.15) is 13.2 Å². The molecular weight excluding hydrogens is 459 g/mol. The van der Waals surface area contributed by atoms with Crippen molar-refractivity contribution in [2.75, 3.05) is 48.9 Å². The number of rotatable bonds is 6. The van der Waals surface area contributed by atoms with Crippen LogP contribution in [0.25, 0.3) is 0 Å². The maximum atomic E-state index is 13.7. The summed E-state index contributed by atoms with van der Waals surface area (Å²) in [7, 11) is 1.46. The van der Waals surface area contributed by atoms with Crippen LogP contribution in [0.1, 0.15) is 21.5 Å². The summed E-state index contributed by atoms with van der Waals surface area (Å²) in [6.07, 6.45) is -3.85. The molecule has 0 saturated carbocycles. The Morgan fingerprint density at radius 1 is 1.00 bits per heavy atom. The van der Waals surface area contributed by atoms with Crippen LogP contribution in [0.2, 0.25) is 0 Å². The summed E-state index contributed by atoms with van der Waals surface area (Å²) < 4.78 is 46.6. The second-order valence-corrected chi connectivity index (χ2v) is 8.09. The number of benzene rings is 2. The first kappa shape index (κ1) is 24.3. The van der Waals surface area contributed by atoms with Crippen molar-refractivity contribution in [1.29, 1.82) is 0 Å². The molecule has 1 aromatic heterocycles. The summed E-state index contributed by atoms with van der Waals surface area (Å²) in [5.74, 6) is -0.176. The van der Waals surface area contributed by atoms with Gasteiger partial charge in [-0.3, -0.25) is 4.79 Å². The Morgan fingerprint density at radius 3 is 2.43 bits per heavy atom. The Labute approximate surface area is 201 Å². The predicted octanol–water partition coefficient (Wildman–Crippen LogP) is 5.09. The van der Waals surface area contributed by atoms with E-state index in [1.54, 1.807) is 18.2 Å². The molecule has 184 valence electrons. The zero-order chi connectivity index (χ0) is 25.0. The Kier molecular flexibility index (Phi) is 7.11. The molecule has 35 heavy (non-hydrogen) atoms. The molecule has 1 aliphatic rings. The first-order valence-corrected chi connectivity index (χ1v) is 11.1. The van der Waals surface area contributed by atoms with E-state index in [1.807, 2.05) is 25.1 Å². The lowest BCUT2D eigenvalue weighted by molar-refractivity contribution is -0.137. The molecule has 4 rings (SSSR count). The molecule has 0 radical (unpaired) electrons. The number of nitrogens with zero attached hydrogens (tertiary/aromatic N) is 2. The number of morpholine rings is 1. The number of carbonyl (C=O) groups excluding carboxylic acids is 1. The van der Waals surface area contributed by atoms with Crippen molar-refractivity contribution in [2.45, 2.75) is 13.1 Å². The van der Waals surface area contributed by atoms with Crippen LogP contribution in [-0.4, -0.2) is 44.2 Å². The van der Waals surface area contributed by atoms with Gasteiger partial charge in [0, 0.05) is 43.8 Å². The minimum absolute atomic E-state index is 0.214. The number of aromatic nitrogens is 1. The number of alkyl halides is 3. The van der Waals surface area contributed by atoms with Gasteiger partial charge in [-0.25, -0.2) is 4.98 Å². The smallest absolute Gasteiger partial charge is 0.378 e. The fraction of sp³-hybridized carbons (Fsp3) is 0.280. The third kappa shape index (κ3) is 5.65. The van der Waals surface area contributed by atoms with E-state index in [0.29, 0.717) is 13.2 Å². The standard InChI is InChI=1S/C25H26F3N5O2/c1-16-13-17(33-9-11-35-12-10-33)7-8-20(16)32-23-14-22(19(15-30-23)25(26,27)28)31-21-6-4-3-5-18(21)24(34)29-2/h3-8,13-15H,9-12H2,1-2H3,(H,29,34)(H2,30,31,32). The van der Waals surface area contributed by atoms with Gasteiger partial charge < -0.3 is 25.6 Å². The number of carbonyl (C=O) groups is 1. The highest BCUT2D eigenvalue weighted by atomic mass is 19.4. The topological polar surface area (TPSA) is 78.5 Å². The van der Waals surface area contributed by atoms with Crippen LogP contribution in [0.15, 0.2) is 54.7 Å². The van der Waals surface area contributed by atoms with E-state index in [-0.39, 0.29) is 22.8 Å². The molecular formula is C25H26F3N5O2. The highest BCUT2D eigenvalue weighted by molar-refractivity contribution is 6.00. The maximum Gasteiger partial charge on any atom is 0.419 e. The van der Waals surface area contributed by atoms with Gasteiger partial charge in [-0.15, -0.1) is 0 Å². The van der Waals surface area contributed by atoms with Gasteiger partial charge in [-0.1, -0.05) is 12.1 Å². The SMILES string of the molecule is CNC(=O)c1ccccc1Nc1cc(Nc2ccc(N3CCOCC3)cc2C)ncc1C(F)(F)F. The van der Waals surface area contributed by atoms with Gasteiger partial charge in [0.05, 0.1) is 35.7 Å². The number of amides is 1. The molecule has 0 spiro atoms. The van der Waals surface area contributed by atoms with E-state index in [9.17, 15) is 18.0 Å². The molecule has 0 bridgehead atoms. The second-order valence-electron chi connectivity index (χ2n) is 8.09. The molecule has 1 amide bonds. The van der Waals surface area contributed by atoms with E-state index >= 15 is 0 Å². The van der Waals surface area contributed by atoms with Gasteiger partial charge in [0.1, 0.15) is 5.82 Å². The van der Waals surface area contributed by atoms with E-state index in [2.05, 4.69) is 25.8 Å². The zero-order valence-electron chi connectivity index (χ0n) is 19.4. The van der Waals surface area contributed by atoms with Gasteiger partial charge in [0.15, 0.2) is 0 Å². The number of hydrogen-bond donors (Lipinski definition) is 3. The molecule has 1 saturated heterocycles. The van der Waals surface area contributed by atoms with Crippen molar-refractivity contribution >= 4 is 34.5 Å². The van der Waals surface area contributed by atoms with Crippen molar-refractivity contribution < 1.29 is 22.7 Å². The Bertz CT molecular complexity index is 1210. The molecule has 3 aromatic rings. The van der Waals surface area contributed by atoms with E-state index in [4.69, 9.17) is 4.74 Å². The molecule has 3 N–H and O–H groups in total. The van der Waals surface area contributed by atoms with Crippen molar-refractivity contribution in [1.82, 2.24) is 10.3 Å². The van der Waals surface area contributed by atoms with Gasteiger partial charge in [-0.05, 0) is 42.8 Å². The Hall–Kier alpha value is -3.79. The number of halogens is 3. The average Bonchev–Trinajstić information content (AvgIpc) is 2.85. The predicted molar refractivity (Wildman–Crippen MR) is 130 cm³/mol. The molecule has 0 aliphatic carbocycles. The number of aryl methyl sites for hydroxylation is 1. The van der Waals surface area contributed by atoms with Crippen molar-refractivity contribution in [3.63, 3.8) is 0 Å². The number of hydrogen-bond acceptors (Lipinski definition) is 6. The largest absolute Gasteiger partial charge is 0.419 e. The molecule has 10 heteroatoms. The number of pyridine rings is 1. The lowest BCUT2D eigenvalue weighted by Crippen LogP contribution is -2.36.